The standard InChI is InChI=1S/C13H18N2O4.ClH/c1-18-12(16)11(14)7-8-15-13(17)19-9-10-5-3-2-4-6-10;/h2-6,11H,7-9,14H2,1H3,(H,15,17);1H/t11-;/m0./s1. The van der Waals surface area contributed by atoms with Crippen molar-refractivity contribution in [3.8, 4) is 0 Å². The van der Waals surface area contributed by atoms with Gasteiger partial charge in [0.2, 0.25) is 0 Å². The molecular weight excluding hydrogens is 284 g/mol. The Balaban J connectivity index is 0.00000361. The van der Waals surface area contributed by atoms with Crippen molar-refractivity contribution in [1.82, 2.24) is 5.32 Å². The van der Waals surface area contributed by atoms with E-state index in [9.17, 15) is 9.59 Å². The van der Waals surface area contributed by atoms with Crippen LogP contribution in [0.3, 0.4) is 0 Å². The molecule has 0 bridgehead atoms. The number of amides is 1. The predicted molar refractivity (Wildman–Crippen MR) is 76.5 cm³/mol. The molecule has 20 heavy (non-hydrogen) atoms. The average Bonchev–Trinajstić information content (AvgIpc) is 2.45. The number of rotatable bonds is 6. The fraction of sp³-hybridized carbons (Fsp3) is 0.385. The van der Waals surface area contributed by atoms with Gasteiger partial charge in [0.15, 0.2) is 0 Å². The molecule has 112 valence electrons. The number of nitrogens with one attached hydrogen (secondary N) is 1. The molecule has 0 saturated carbocycles. The second kappa shape index (κ2) is 10.1. The third-order valence-electron chi connectivity index (χ3n) is 2.44. The van der Waals surface area contributed by atoms with E-state index in [1.165, 1.54) is 7.11 Å². The molecule has 0 aromatic heterocycles. The molecule has 1 aromatic carbocycles. The zero-order valence-corrected chi connectivity index (χ0v) is 12.0. The molecule has 6 nitrogen and oxygen atoms in total. The number of methoxy groups -OCH3 is 1. The molecular formula is C13H19ClN2O4. The Hall–Kier alpha value is -1.79. The SMILES string of the molecule is COC(=O)[C@@H](N)CCNC(=O)OCc1ccccc1.Cl. The van der Waals surface area contributed by atoms with Crippen molar-refractivity contribution in [1.29, 1.82) is 0 Å². The largest absolute Gasteiger partial charge is 0.468 e. The van der Waals surface area contributed by atoms with E-state index < -0.39 is 18.1 Å². The Morgan fingerprint density at radius 3 is 2.55 bits per heavy atom. The Labute approximate surface area is 124 Å². The molecule has 0 fully saturated rings. The molecule has 1 aromatic rings. The number of benzene rings is 1. The Bertz CT molecular complexity index is 414. The monoisotopic (exact) mass is 302 g/mol. The zero-order valence-electron chi connectivity index (χ0n) is 11.2. The molecule has 0 saturated heterocycles. The minimum absolute atomic E-state index is 0. The Kier molecular flexibility index (Phi) is 9.15. The predicted octanol–water partition coefficient (Wildman–Crippen LogP) is 1.23. The summed E-state index contributed by atoms with van der Waals surface area (Å²) in [5.41, 5.74) is 6.42. The molecule has 3 N–H and O–H groups in total. The molecule has 0 spiro atoms. The molecule has 0 aliphatic heterocycles. The topological polar surface area (TPSA) is 90.6 Å². The summed E-state index contributed by atoms with van der Waals surface area (Å²) in [5, 5.41) is 2.51. The van der Waals surface area contributed by atoms with Crippen LogP contribution in [0.2, 0.25) is 0 Å². The van der Waals surface area contributed by atoms with Gasteiger partial charge in [0.25, 0.3) is 0 Å². The molecule has 0 radical (unpaired) electrons. The quantitative estimate of drug-likeness (QED) is 0.771. The van der Waals surface area contributed by atoms with Crippen LogP contribution in [-0.4, -0.2) is 31.8 Å². The first-order valence-electron chi connectivity index (χ1n) is 5.91. The smallest absolute Gasteiger partial charge is 0.407 e. The fourth-order valence-electron chi connectivity index (χ4n) is 1.37. The lowest BCUT2D eigenvalue weighted by Crippen LogP contribution is -2.36. The van der Waals surface area contributed by atoms with Crippen molar-refractivity contribution in [2.75, 3.05) is 13.7 Å². The molecule has 7 heteroatoms. The maximum atomic E-state index is 11.3. The molecule has 1 amide bonds. The number of hydrogen-bond donors (Lipinski definition) is 2. The first kappa shape index (κ1) is 18.2. The number of ether oxygens (including phenoxy) is 2. The summed E-state index contributed by atoms with van der Waals surface area (Å²) in [5.74, 6) is -0.501. The number of esters is 1. The van der Waals surface area contributed by atoms with Crippen LogP contribution in [0, 0.1) is 0 Å². The molecule has 0 aliphatic rings. The normalized spacial score (nSPS) is 10.9. The maximum absolute atomic E-state index is 11.3. The molecule has 0 aliphatic carbocycles. The number of carbonyl (C=O) groups is 2. The number of halogens is 1. The number of hydrogen-bond acceptors (Lipinski definition) is 5. The maximum Gasteiger partial charge on any atom is 0.407 e. The van der Waals surface area contributed by atoms with Crippen LogP contribution in [0.4, 0.5) is 4.79 Å². The molecule has 0 heterocycles. The summed E-state index contributed by atoms with van der Waals surface area (Å²) in [7, 11) is 1.27. The number of alkyl carbamates (subject to hydrolysis) is 1. The molecule has 1 rings (SSSR count). The van der Waals surface area contributed by atoms with Gasteiger partial charge >= 0.3 is 12.1 Å². The van der Waals surface area contributed by atoms with Gasteiger partial charge in [-0.05, 0) is 12.0 Å². The summed E-state index contributed by atoms with van der Waals surface area (Å²) in [6.07, 6.45) is -0.242. The van der Waals surface area contributed by atoms with Crippen LogP contribution in [0.15, 0.2) is 30.3 Å². The van der Waals surface area contributed by atoms with E-state index >= 15 is 0 Å². The van der Waals surface area contributed by atoms with Crippen LogP contribution in [0.25, 0.3) is 0 Å². The summed E-state index contributed by atoms with van der Waals surface area (Å²) in [6.45, 7) is 0.458. The van der Waals surface area contributed by atoms with E-state index in [0.29, 0.717) is 6.42 Å². The third kappa shape index (κ3) is 6.96. The van der Waals surface area contributed by atoms with Crippen molar-refractivity contribution >= 4 is 24.5 Å². The minimum Gasteiger partial charge on any atom is -0.468 e. The minimum atomic E-state index is -0.737. The van der Waals surface area contributed by atoms with Crippen LogP contribution in [0.5, 0.6) is 0 Å². The Morgan fingerprint density at radius 1 is 1.30 bits per heavy atom. The van der Waals surface area contributed by atoms with Crippen LogP contribution >= 0.6 is 12.4 Å². The first-order valence-corrected chi connectivity index (χ1v) is 5.91. The highest BCUT2D eigenvalue weighted by Crippen LogP contribution is 2.00. The van der Waals surface area contributed by atoms with Gasteiger partial charge in [-0.2, -0.15) is 0 Å². The van der Waals surface area contributed by atoms with Crippen LogP contribution in [0.1, 0.15) is 12.0 Å². The van der Waals surface area contributed by atoms with Crippen molar-refractivity contribution in [2.45, 2.75) is 19.1 Å². The average molecular weight is 303 g/mol. The van der Waals surface area contributed by atoms with Gasteiger partial charge in [-0.15, -0.1) is 12.4 Å². The van der Waals surface area contributed by atoms with Crippen molar-refractivity contribution < 1.29 is 19.1 Å². The zero-order chi connectivity index (χ0) is 14.1. The summed E-state index contributed by atoms with van der Waals surface area (Å²) in [6, 6.07) is 8.61. The lowest BCUT2D eigenvalue weighted by atomic mass is 10.2. The van der Waals surface area contributed by atoms with Gasteiger partial charge < -0.3 is 20.5 Å². The molecule has 1 atom stereocenters. The molecule has 0 unspecified atom stereocenters. The van der Waals surface area contributed by atoms with Gasteiger partial charge in [-0.25, -0.2) is 4.79 Å². The highest BCUT2D eigenvalue weighted by atomic mass is 35.5. The van der Waals surface area contributed by atoms with E-state index in [4.69, 9.17) is 10.5 Å². The van der Waals surface area contributed by atoms with Crippen LogP contribution < -0.4 is 11.1 Å². The second-order valence-corrected chi connectivity index (χ2v) is 3.91. The number of carbonyl (C=O) groups excluding carboxylic acids is 2. The van der Waals surface area contributed by atoms with E-state index in [-0.39, 0.29) is 25.6 Å². The lowest BCUT2D eigenvalue weighted by molar-refractivity contribution is -0.142. The van der Waals surface area contributed by atoms with Crippen molar-refractivity contribution in [2.24, 2.45) is 5.73 Å². The van der Waals surface area contributed by atoms with Gasteiger partial charge in [0.1, 0.15) is 12.6 Å². The van der Waals surface area contributed by atoms with E-state index in [0.717, 1.165) is 5.56 Å². The van der Waals surface area contributed by atoms with E-state index in [1.807, 2.05) is 30.3 Å². The summed E-state index contributed by atoms with van der Waals surface area (Å²) >= 11 is 0. The van der Waals surface area contributed by atoms with Gasteiger partial charge in [-0.3, -0.25) is 4.79 Å². The highest BCUT2D eigenvalue weighted by Gasteiger charge is 2.13. The Morgan fingerprint density at radius 2 is 1.95 bits per heavy atom. The van der Waals surface area contributed by atoms with Crippen molar-refractivity contribution in [3.63, 3.8) is 0 Å². The van der Waals surface area contributed by atoms with Gasteiger partial charge in [0, 0.05) is 6.54 Å². The number of nitrogens with two attached hydrogens (primary N) is 1. The summed E-state index contributed by atoms with van der Waals surface area (Å²) < 4.78 is 9.46. The first-order chi connectivity index (χ1) is 9.13. The van der Waals surface area contributed by atoms with Gasteiger partial charge in [0.05, 0.1) is 7.11 Å². The lowest BCUT2D eigenvalue weighted by Gasteiger charge is -2.10. The van der Waals surface area contributed by atoms with E-state index in [2.05, 4.69) is 10.1 Å². The highest BCUT2D eigenvalue weighted by molar-refractivity contribution is 5.85. The summed E-state index contributed by atoms with van der Waals surface area (Å²) in [4.78, 5) is 22.4. The third-order valence-corrected chi connectivity index (χ3v) is 2.44. The van der Waals surface area contributed by atoms with Crippen molar-refractivity contribution in [3.05, 3.63) is 35.9 Å². The van der Waals surface area contributed by atoms with Crippen LogP contribution in [-0.2, 0) is 20.9 Å². The van der Waals surface area contributed by atoms with E-state index in [1.54, 1.807) is 0 Å². The fourth-order valence-corrected chi connectivity index (χ4v) is 1.37. The van der Waals surface area contributed by atoms with Gasteiger partial charge in [-0.1, -0.05) is 30.3 Å². The second-order valence-electron chi connectivity index (χ2n) is 3.91.